The second kappa shape index (κ2) is 11.8. The average molecular weight is 502 g/mol. The van der Waals surface area contributed by atoms with Crippen LogP contribution in [0.5, 0.6) is 0 Å². The maximum Gasteiger partial charge on any atom is 0.0704 e. The lowest BCUT2D eigenvalue weighted by Crippen LogP contribution is -2.16. The number of nitrogens with two attached hydrogens (primary N) is 1. The van der Waals surface area contributed by atoms with Gasteiger partial charge in [-0.15, -0.1) is 12.8 Å². The van der Waals surface area contributed by atoms with Crippen LogP contribution >= 0.6 is 0 Å². The number of aromatic amines is 1. The number of nitrogens with one attached hydrogen (secondary N) is 2. The topological polar surface area (TPSA) is 105 Å². The summed E-state index contributed by atoms with van der Waals surface area (Å²) in [6.07, 6.45) is 23.7. The summed E-state index contributed by atoms with van der Waals surface area (Å²) in [5.74, 6) is 0.321. The first kappa shape index (κ1) is 26.1. The zero-order valence-electron chi connectivity index (χ0n) is 21.6. The molecule has 0 spiro atoms. The zero-order valence-corrected chi connectivity index (χ0v) is 21.6. The van der Waals surface area contributed by atoms with Crippen LogP contribution in [0.1, 0.15) is 30.8 Å². The fraction of sp³-hybridized carbons (Fsp3) is 0.161. The summed E-state index contributed by atoms with van der Waals surface area (Å²) in [4.78, 5) is 21.3. The molecule has 0 radical (unpaired) electrons. The Morgan fingerprint density at radius 1 is 1.16 bits per heavy atom. The molecule has 5 heterocycles. The van der Waals surface area contributed by atoms with Crippen molar-refractivity contribution in [3.8, 4) is 24.0 Å². The maximum absolute atomic E-state index is 6.36. The molecule has 0 fully saturated rings. The molecule has 0 saturated heterocycles. The van der Waals surface area contributed by atoms with Crippen LogP contribution in [0.2, 0.25) is 0 Å². The van der Waals surface area contributed by atoms with E-state index in [0.29, 0.717) is 24.6 Å². The van der Waals surface area contributed by atoms with Gasteiger partial charge in [0.15, 0.2) is 0 Å². The van der Waals surface area contributed by atoms with Crippen LogP contribution in [0.15, 0.2) is 90.4 Å². The number of aliphatic imine (C=N–C) groups is 1. The monoisotopic (exact) mass is 501 g/mol. The van der Waals surface area contributed by atoms with Crippen LogP contribution in [0.3, 0.4) is 0 Å². The fourth-order valence-electron chi connectivity index (χ4n) is 4.12. The molecule has 4 N–H and O–H groups in total. The Labute approximate surface area is 223 Å². The minimum absolute atomic E-state index is 0.321. The molecule has 7 nitrogen and oxygen atoms in total. The van der Waals surface area contributed by atoms with Gasteiger partial charge in [-0.3, -0.25) is 19.9 Å². The fourth-order valence-corrected chi connectivity index (χ4v) is 4.12. The molecule has 4 aromatic heterocycles. The van der Waals surface area contributed by atoms with Crippen LogP contribution in [0.25, 0.3) is 27.6 Å². The van der Waals surface area contributed by atoms with Crippen molar-refractivity contribution in [3.63, 3.8) is 0 Å². The predicted molar refractivity (Wildman–Crippen MR) is 157 cm³/mol. The third-order valence-corrected chi connectivity index (χ3v) is 6.23. The normalized spacial score (nSPS) is 12.8. The van der Waals surface area contributed by atoms with Crippen molar-refractivity contribution in [2.45, 2.75) is 20.3 Å². The minimum atomic E-state index is 0.321. The van der Waals surface area contributed by atoms with Crippen LogP contribution in [-0.4, -0.2) is 32.7 Å². The molecule has 4 aromatic rings. The molecule has 7 heteroatoms. The van der Waals surface area contributed by atoms with Gasteiger partial charge in [0.1, 0.15) is 0 Å². The predicted octanol–water partition coefficient (Wildman–Crippen LogP) is 5.55. The van der Waals surface area contributed by atoms with E-state index < -0.39 is 0 Å². The zero-order chi connectivity index (χ0) is 27.1. The molecule has 1 aliphatic rings. The van der Waals surface area contributed by atoms with Crippen molar-refractivity contribution < 1.29 is 0 Å². The summed E-state index contributed by atoms with van der Waals surface area (Å²) in [7, 11) is 0. The van der Waals surface area contributed by atoms with E-state index in [4.69, 9.17) is 5.73 Å². The summed E-state index contributed by atoms with van der Waals surface area (Å²) >= 11 is 0. The standard InChI is InChI=1S/C29H29N7.C2H2/c1-18(2)19(3)35-24-9-20(6-8-32-14-24)28-11-22(27(30)16-34-28)10-23-12-25-26(15-33-17-29(25)36-23)21-5-4-7-31-13-21;1-2/h4-7,9,11-18,35-36H,3,8,10,30H2,1-2H3;1-2H. The molecule has 0 saturated carbocycles. The Bertz CT molecular complexity index is 1550. The Hall–Kier alpha value is -4.96. The number of terminal acetylenes is 1. The molecular formula is C31H31N7. The Morgan fingerprint density at radius 2 is 2.00 bits per heavy atom. The second-order valence-electron chi connectivity index (χ2n) is 9.19. The number of anilines is 1. The summed E-state index contributed by atoms with van der Waals surface area (Å²) in [6.45, 7) is 8.91. The minimum Gasteiger partial charge on any atom is -0.397 e. The van der Waals surface area contributed by atoms with Crippen molar-refractivity contribution in [2.75, 3.05) is 12.3 Å². The van der Waals surface area contributed by atoms with Crippen molar-refractivity contribution in [3.05, 3.63) is 102 Å². The SMILES string of the molecule is C#C.C=C(NC1=CC(c2cc(Cc3cc4c(-c5cccnc5)cncc4[nH]3)c(N)cn2)=CCN=C1)C(C)C. The largest absolute Gasteiger partial charge is 0.397 e. The molecule has 0 atom stereocenters. The molecule has 5 rings (SSSR count). The van der Waals surface area contributed by atoms with Gasteiger partial charge in [-0.1, -0.05) is 32.6 Å². The van der Waals surface area contributed by atoms with Gasteiger partial charge in [0.25, 0.3) is 0 Å². The van der Waals surface area contributed by atoms with Gasteiger partial charge >= 0.3 is 0 Å². The summed E-state index contributed by atoms with van der Waals surface area (Å²) in [5.41, 5.74) is 15.8. The quantitative estimate of drug-likeness (QED) is 0.288. The molecule has 0 aromatic carbocycles. The van der Waals surface area contributed by atoms with Gasteiger partial charge < -0.3 is 16.0 Å². The lowest BCUT2D eigenvalue weighted by Gasteiger charge is -2.13. The number of pyridine rings is 3. The molecule has 38 heavy (non-hydrogen) atoms. The van der Waals surface area contributed by atoms with Crippen LogP contribution in [0.4, 0.5) is 5.69 Å². The van der Waals surface area contributed by atoms with Gasteiger partial charge in [0, 0.05) is 64.7 Å². The molecule has 0 unspecified atom stereocenters. The van der Waals surface area contributed by atoms with Gasteiger partial charge in [0.2, 0.25) is 0 Å². The third kappa shape index (κ3) is 5.88. The molecule has 190 valence electrons. The number of hydrogen-bond acceptors (Lipinski definition) is 6. The smallest absolute Gasteiger partial charge is 0.0704 e. The molecule has 0 amide bonds. The van der Waals surface area contributed by atoms with E-state index >= 15 is 0 Å². The van der Waals surface area contributed by atoms with E-state index in [1.807, 2.05) is 36.9 Å². The number of nitrogens with zero attached hydrogens (tertiary/aromatic N) is 4. The summed E-state index contributed by atoms with van der Waals surface area (Å²) < 4.78 is 0. The van der Waals surface area contributed by atoms with E-state index in [9.17, 15) is 0 Å². The molecule has 1 aliphatic heterocycles. The molecule has 0 aliphatic carbocycles. The number of rotatable bonds is 7. The van der Waals surface area contributed by atoms with Gasteiger partial charge in [-0.2, -0.15) is 0 Å². The number of hydrogen-bond donors (Lipinski definition) is 3. The van der Waals surface area contributed by atoms with Gasteiger partial charge in [-0.25, -0.2) is 0 Å². The number of fused-ring (bicyclic) bond motifs is 1. The first-order valence-corrected chi connectivity index (χ1v) is 12.3. The highest BCUT2D eigenvalue weighted by molar-refractivity contribution is 5.94. The average Bonchev–Trinajstić information content (AvgIpc) is 3.21. The lowest BCUT2D eigenvalue weighted by atomic mass is 10.0. The summed E-state index contributed by atoms with van der Waals surface area (Å²) in [6, 6.07) is 8.20. The van der Waals surface area contributed by atoms with Crippen LogP contribution in [-0.2, 0) is 6.42 Å². The van der Waals surface area contributed by atoms with E-state index in [0.717, 1.165) is 55.9 Å². The van der Waals surface area contributed by atoms with Crippen molar-refractivity contribution in [1.82, 2.24) is 25.3 Å². The maximum atomic E-state index is 6.36. The van der Waals surface area contributed by atoms with Crippen molar-refractivity contribution >= 4 is 28.4 Å². The van der Waals surface area contributed by atoms with Gasteiger partial charge in [-0.05, 0) is 35.8 Å². The van der Waals surface area contributed by atoms with E-state index in [2.05, 4.69) is 87.8 Å². The third-order valence-electron chi connectivity index (χ3n) is 6.23. The Balaban J connectivity index is 0.00000164. The molecular weight excluding hydrogens is 470 g/mol. The first-order chi connectivity index (χ1) is 18.5. The lowest BCUT2D eigenvalue weighted by molar-refractivity contribution is 0.713. The van der Waals surface area contributed by atoms with Gasteiger partial charge in [0.05, 0.1) is 41.5 Å². The van der Waals surface area contributed by atoms with E-state index in [-0.39, 0.29) is 0 Å². The Kier molecular flexibility index (Phi) is 8.14. The number of H-pyrrole nitrogens is 1. The van der Waals surface area contributed by atoms with E-state index in [1.165, 1.54) is 0 Å². The highest BCUT2D eigenvalue weighted by Crippen LogP contribution is 2.29. The number of aromatic nitrogens is 4. The van der Waals surface area contributed by atoms with Crippen LogP contribution in [0, 0.1) is 18.8 Å². The Morgan fingerprint density at radius 3 is 2.76 bits per heavy atom. The highest BCUT2D eigenvalue weighted by Gasteiger charge is 2.13. The van der Waals surface area contributed by atoms with Crippen LogP contribution < -0.4 is 11.1 Å². The number of allylic oxidation sites excluding steroid dienone is 4. The number of nitrogen functional groups attached to an aromatic ring is 1. The van der Waals surface area contributed by atoms with Crippen molar-refractivity contribution in [2.24, 2.45) is 10.9 Å². The summed E-state index contributed by atoms with van der Waals surface area (Å²) in [5, 5.41) is 4.47. The van der Waals surface area contributed by atoms with E-state index in [1.54, 1.807) is 12.4 Å². The first-order valence-electron chi connectivity index (χ1n) is 12.3. The second-order valence-corrected chi connectivity index (χ2v) is 9.19. The van der Waals surface area contributed by atoms with Crippen molar-refractivity contribution in [1.29, 1.82) is 0 Å². The highest BCUT2D eigenvalue weighted by atomic mass is 14.9. The molecule has 0 bridgehead atoms.